The van der Waals surface area contributed by atoms with Crippen LogP contribution in [0.15, 0.2) is 57.7 Å². The Hall–Kier alpha value is -2.16. The number of nitrogens with one attached hydrogen (secondary N) is 1. The fourth-order valence-corrected chi connectivity index (χ4v) is 4.69. The van der Waals surface area contributed by atoms with Gasteiger partial charge in [-0.05, 0) is 30.7 Å². The molecule has 0 atom stereocenters. The predicted molar refractivity (Wildman–Crippen MR) is 98.9 cm³/mol. The molecule has 6 nitrogen and oxygen atoms in total. The second kappa shape index (κ2) is 6.99. The quantitative estimate of drug-likeness (QED) is 0.719. The maximum atomic E-state index is 12.5. The highest BCUT2D eigenvalue weighted by atomic mass is 35.5. The normalized spacial score (nSPS) is 11.4. The smallest absolute Gasteiger partial charge is 0.263 e. The van der Waals surface area contributed by atoms with E-state index in [-0.39, 0.29) is 22.1 Å². The van der Waals surface area contributed by atoms with Crippen molar-refractivity contribution in [1.29, 1.82) is 0 Å². The lowest BCUT2D eigenvalue weighted by Gasteiger charge is -2.09. The molecule has 9 heteroatoms. The van der Waals surface area contributed by atoms with E-state index in [0.29, 0.717) is 16.3 Å². The molecule has 0 radical (unpaired) electrons. The van der Waals surface area contributed by atoms with Crippen LogP contribution in [0.1, 0.15) is 11.3 Å². The molecular weight excluding hydrogens is 382 g/mol. The SMILES string of the molecule is Cc1c(Cl)cccc1S(=O)(=O)Nc1nc(Cn2ccccc2=O)cs1. The molecule has 130 valence electrons. The summed E-state index contributed by atoms with van der Waals surface area (Å²) in [5, 5.41) is 2.33. The molecule has 0 bridgehead atoms. The Bertz CT molecular complexity index is 1070. The molecule has 2 aromatic heterocycles. The number of halogens is 1. The third-order valence-corrected chi connectivity index (χ3v) is 6.34. The van der Waals surface area contributed by atoms with Gasteiger partial charge in [0.15, 0.2) is 5.13 Å². The van der Waals surface area contributed by atoms with Gasteiger partial charge in [-0.1, -0.05) is 23.7 Å². The van der Waals surface area contributed by atoms with Crippen molar-refractivity contribution in [3.63, 3.8) is 0 Å². The second-order valence-electron chi connectivity index (χ2n) is 5.28. The first-order chi connectivity index (χ1) is 11.9. The van der Waals surface area contributed by atoms with Gasteiger partial charge in [0.2, 0.25) is 0 Å². The van der Waals surface area contributed by atoms with Crippen LogP contribution < -0.4 is 10.3 Å². The molecule has 0 aliphatic carbocycles. The molecule has 0 fully saturated rings. The van der Waals surface area contributed by atoms with Crippen LogP contribution in [0.4, 0.5) is 5.13 Å². The Labute approximate surface area is 153 Å². The van der Waals surface area contributed by atoms with Gasteiger partial charge in [-0.2, -0.15) is 0 Å². The predicted octanol–water partition coefficient (Wildman–Crippen LogP) is 3.12. The van der Waals surface area contributed by atoms with E-state index >= 15 is 0 Å². The molecule has 0 saturated carbocycles. The first kappa shape index (κ1) is 17.7. The summed E-state index contributed by atoms with van der Waals surface area (Å²) in [6.07, 6.45) is 1.65. The van der Waals surface area contributed by atoms with E-state index in [2.05, 4.69) is 9.71 Å². The third kappa shape index (κ3) is 3.92. The number of pyridine rings is 1. The standard InChI is InChI=1S/C16H14ClN3O3S2/c1-11-13(17)5-4-6-14(11)25(22,23)19-16-18-12(10-24-16)9-20-8-3-2-7-15(20)21/h2-8,10H,9H2,1H3,(H,18,19). The number of nitrogens with zero attached hydrogens (tertiary/aromatic N) is 2. The minimum absolute atomic E-state index is 0.107. The van der Waals surface area contributed by atoms with Gasteiger partial charge >= 0.3 is 0 Å². The molecule has 0 saturated heterocycles. The van der Waals surface area contributed by atoms with Gasteiger partial charge in [-0.3, -0.25) is 9.52 Å². The number of hydrogen-bond donors (Lipinski definition) is 1. The molecule has 0 amide bonds. The van der Waals surface area contributed by atoms with E-state index in [9.17, 15) is 13.2 Å². The van der Waals surface area contributed by atoms with Crippen LogP contribution in [0, 0.1) is 6.92 Å². The Kier molecular flexibility index (Phi) is 4.94. The lowest BCUT2D eigenvalue weighted by atomic mass is 10.2. The average molecular weight is 396 g/mol. The Morgan fingerprint density at radius 2 is 2.04 bits per heavy atom. The van der Waals surface area contributed by atoms with Crippen molar-refractivity contribution in [2.45, 2.75) is 18.4 Å². The Morgan fingerprint density at radius 3 is 2.80 bits per heavy atom. The summed E-state index contributed by atoms with van der Waals surface area (Å²) in [6, 6.07) is 9.57. The maximum Gasteiger partial charge on any atom is 0.263 e. The summed E-state index contributed by atoms with van der Waals surface area (Å²) < 4.78 is 29.0. The molecular formula is C16H14ClN3O3S2. The van der Waals surface area contributed by atoms with Crippen LogP contribution in [0.25, 0.3) is 0 Å². The fraction of sp³-hybridized carbons (Fsp3) is 0.125. The zero-order valence-corrected chi connectivity index (χ0v) is 15.5. The zero-order valence-electron chi connectivity index (χ0n) is 13.1. The Morgan fingerprint density at radius 1 is 1.24 bits per heavy atom. The monoisotopic (exact) mass is 395 g/mol. The molecule has 25 heavy (non-hydrogen) atoms. The van der Waals surface area contributed by atoms with Crippen LogP contribution in [0.3, 0.4) is 0 Å². The average Bonchev–Trinajstić information content (AvgIpc) is 2.98. The summed E-state index contributed by atoms with van der Waals surface area (Å²) in [5.74, 6) is 0. The number of benzene rings is 1. The molecule has 1 aromatic carbocycles. The number of sulfonamides is 1. The van der Waals surface area contributed by atoms with Crippen molar-refractivity contribution in [2.75, 3.05) is 4.72 Å². The maximum absolute atomic E-state index is 12.5. The van der Waals surface area contributed by atoms with Crippen molar-refractivity contribution in [1.82, 2.24) is 9.55 Å². The van der Waals surface area contributed by atoms with Crippen molar-refractivity contribution in [3.8, 4) is 0 Å². The molecule has 3 aromatic rings. The number of hydrogen-bond acceptors (Lipinski definition) is 5. The van der Waals surface area contributed by atoms with Crippen LogP contribution in [0.5, 0.6) is 0 Å². The lowest BCUT2D eigenvalue weighted by molar-refractivity contribution is 0.600. The summed E-state index contributed by atoms with van der Waals surface area (Å²) in [5.41, 5.74) is 0.926. The van der Waals surface area contributed by atoms with Gasteiger partial charge in [0.25, 0.3) is 15.6 Å². The summed E-state index contributed by atoms with van der Waals surface area (Å²) in [4.78, 5) is 16.1. The summed E-state index contributed by atoms with van der Waals surface area (Å²) >= 11 is 7.15. The number of anilines is 1. The molecule has 3 rings (SSSR count). The van der Waals surface area contributed by atoms with E-state index in [1.54, 1.807) is 42.8 Å². The molecule has 0 aliphatic heterocycles. The highest BCUT2D eigenvalue weighted by Crippen LogP contribution is 2.26. The van der Waals surface area contributed by atoms with Crippen LogP contribution in [-0.2, 0) is 16.6 Å². The van der Waals surface area contributed by atoms with Gasteiger partial charge in [0.05, 0.1) is 17.1 Å². The minimum Gasteiger partial charge on any atom is -0.310 e. The van der Waals surface area contributed by atoms with E-state index in [1.807, 2.05) is 0 Å². The van der Waals surface area contributed by atoms with Gasteiger partial charge in [0, 0.05) is 22.7 Å². The number of rotatable bonds is 5. The van der Waals surface area contributed by atoms with E-state index in [1.165, 1.54) is 16.7 Å². The Balaban J connectivity index is 1.82. The van der Waals surface area contributed by atoms with Crippen molar-refractivity contribution in [3.05, 3.63) is 74.6 Å². The van der Waals surface area contributed by atoms with Crippen LogP contribution >= 0.6 is 22.9 Å². The van der Waals surface area contributed by atoms with Gasteiger partial charge in [-0.15, -0.1) is 11.3 Å². The third-order valence-electron chi connectivity index (χ3n) is 3.51. The molecule has 1 N–H and O–H groups in total. The van der Waals surface area contributed by atoms with Crippen molar-refractivity contribution in [2.24, 2.45) is 0 Å². The van der Waals surface area contributed by atoms with Crippen LogP contribution in [-0.4, -0.2) is 18.0 Å². The number of aromatic nitrogens is 2. The van der Waals surface area contributed by atoms with Crippen molar-refractivity contribution < 1.29 is 8.42 Å². The highest BCUT2D eigenvalue weighted by Gasteiger charge is 2.19. The summed E-state index contributed by atoms with van der Waals surface area (Å²) in [6.45, 7) is 1.92. The van der Waals surface area contributed by atoms with E-state index < -0.39 is 10.0 Å². The lowest BCUT2D eigenvalue weighted by Crippen LogP contribution is -2.18. The first-order valence-electron chi connectivity index (χ1n) is 7.24. The van der Waals surface area contributed by atoms with Crippen molar-refractivity contribution >= 4 is 38.1 Å². The van der Waals surface area contributed by atoms with Gasteiger partial charge in [0.1, 0.15) is 0 Å². The fourth-order valence-electron chi connectivity index (χ4n) is 2.24. The van der Waals surface area contributed by atoms with Gasteiger partial charge < -0.3 is 4.57 Å². The highest BCUT2D eigenvalue weighted by molar-refractivity contribution is 7.93. The molecule has 0 spiro atoms. The van der Waals surface area contributed by atoms with E-state index in [4.69, 9.17) is 11.6 Å². The van der Waals surface area contributed by atoms with Gasteiger partial charge in [-0.25, -0.2) is 13.4 Å². The zero-order chi connectivity index (χ0) is 18.0. The first-order valence-corrected chi connectivity index (χ1v) is 9.99. The molecule has 0 unspecified atom stereocenters. The topological polar surface area (TPSA) is 81.1 Å². The largest absolute Gasteiger partial charge is 0.310 e. The number of thiazole rings is 1. The summed E-state index contributed by atoms with van der Waals surface area (Å²) in [7, 11) is -3.79. The van der Waals surface area contributed by atoms with Crippen LogP contribution in [0.2, 0.25) is 5.02 Å². The molecule has 0 aliphatic rings. The molecule has 2 heterocycles. The second-order valence-corrected chi connectivity index (χ2v) is 8.20. The minimum atomic E-state index is -3.79. The van der Waals surface area contributed by atoms with E-state index in [0.717, 1.165) is 11.3 Å².